The van der Waals surface area contributed by atoms with Crippen molar-refractivity contribution in [1.29, 1.82) is 5.26 Å². The van der Waals surface area contributed by atoms with Crippen LogP contribution in [0.4, 0.5) is 4.39 Å². The molecule has 0 amide bonds. The minimum Gasteiger partial charge on any atom is -0.422 e. The highest BCUT2D eigenvalue weighted by atomic mass is 35.5. The van der Waals surface area contributed by atoms with Crippen LogP contribution in [0, 0.1) is 31.0 Å². The lowest BCUT2D eigenvalue weighted by Crippen LogP contribution is -2.22. The van der Waals surface area contributed by atoms with Gasteiger partial charge >= 0.3 is 0 Å². The number of nitrogens with two attached hydrogens (primary N) is 1. The molecule has 2 N–H and O–H groups in total. The van der Waals surface area contributed by atoms with Crippen molar-refractivity contribution < 1.29 is 9.13 Å². The Labute approximate surface area is 166 Å². The van der Waals surface area contributed by atoms with Gasteiger partial charge in [0.25, 0.3) is 0 Å². The molecule has 0 radical (unpaired) electrons. The van der Waals surface area contributed by atoms with Crippen LogP contribution in [0.5, 0.6) is 5.88 Å². The maximum atomic E-state index is 14.7. The van der Waals surface area contributed by atoms with Gasteiger partial charge in [0.05, 0.1) is 22.9 Å². The molecule has 140 valence electrons. The molecule has 3 aromatic rings. The Kier molecular flexibility index (Phi) is 4.33. The number of aryl methyl sites for hydroxylation is 2. The molecule has 0 unspecified atom stereocenters. The summed E-state index contributed by atoms with van der Waals surface area (Å²) in [6, 6.07) is 14.2. The van der Waals surface area contributed by atoms with E-state index in [0.717, 1.165) is 11.3 Å². The molecular formula is C21H16ClFN4O. The maximum absolute atomic E-state index is 14.7. The summed E-state index contributed by atoms with van der Waals surface area (Å²) in [6.45, 7) is 3.77. The van der Waals surface area contributed by atoms with Crippen LogP contribution in [0.25, 0.3) is 5.69 Å². The fourth-order valence-electron chi connectivity index (χ4n) is 3.45. The van der Waals surface area contributed by atoms with E-state index in [1.807, 2.05) is 37.3 Å². The Morgan fingerprint density at radius 1 is 1.18 bits per heavy atom. The lowest BCUT2D eigenvalue weighted by atomic mass is 9.84. The van der Waals surface area contributed by atoms with E-state index in [9.17, 15) is 9.65 Å². The summed E-state index contributed by atoms with van der Waals surface area (Å²) in [5.41, 5.74) is 9.36. The van der Waals surface area contributed by atoms with E-state index < -0.39 is 11.7 Å². The van der Waals surface area contributed by atoms with Crippen LogP contribution < -0.4 is 10.5 Å². The molecule has 2 heterocycles. The zero-order valence-corrected chi connectivity index (χ0v) is 16.0. The highest BCUT2D eigenvalue weighted by molar-refractivity contribution is 6.31. The Bertz CT molecular complexity index is 1140. The van der Waals surface area contributed by atoms with Gasteiger partial charge in [-0.2, -0.15) is 10.4 Å². The summed E-state index contributed by atoms with van der Waals surface area (Å²) in [4.78, 5) is 0. The van der Waals surface area contributed by atoms with E-state index in [1.165, 1.54) is 12.1 Å². The lowest BCUT2D eigenvalue weighted by molar-refractivity contribution is 0.366. The van der Waals surface area contributed by atoms with Crippen molar-refractivity contribution in [2.75, 3.05) is 0 Å². The van der Waals surface area contributed by atoms with Crippen molar-refractivity contribution >= 4 is 11.6 Å². The van der Waals surface area contributed by atoms with Crippen molar-refractivity contribution in [2.24, 2.45) is 5.73 Å². The normalized spacial score (nSPS) is 15.8. The highest BCUT2D eigenvalue weighted by Crippen LogP contribution is 2.47. The summed E-state index contributed by atoms with van der Waals surface area (Å²) in [5.74, 6) is -1.07. The van der Waals surface area contributed by atoms with Gasteiger partial charge in [-0.3, -0.25) is 0 Å². The first-order valence-corrected chi connectivity index (χ1v) is 8.98. The molecule has 0 saturated carbocycles. The fourth-order valence-corrected chi connectivity index (χ4v) is 3.72. The van der Waals surface area contributed by atoms with Crippen LogP contribution in [0.2, 0.25) is 5.02 Å². The molecule has 4 rings (SSSR count). The van der Waals surface area contributed by atoms with Crippen LogP contribution in [0.1, 0.15) is 28.3 Å². The second-order valence-electron chi connectivity index (χ2n) is 6.61. The molecule has 1 aliphatic heterocycles. The number of allylic oxidation sites excluding steroid dienone is 1. The number of hydrogen-bond acceptors (Lipinski definition) is 4. The lowest BCUT2D eigenvalue weighted by Gasteiger charge is -2.25. The SMILES string of the molecule is Cc1ccc(-n2nc(C)c3c2OC(N)=C(C#N)[C@@H]3c2c(F)cccc2Cl)cc1. The number of ether oxygens (including phenoxy) is 1. The minimum atomic E-state index is -0.804. The molecule has 0 saturated heterocycles. The predicted octanol–water partition coefficient (Wildman–Crippen LogP) is 4.50. The highest BCUT2D eigenvalue weighted by Gasteiger charge is 2.38. The van der Waals surface area contributed by atoms with Crippen molar-refractivity contribution in [3.05, 3.63) is 87.1 Å². The largest absolute Gasteiger partial charge is 0.422 e. The standard InChI is InChI=1S/C21H16ClFN4O/c1-11-6-8-13(9-7-11)27-21-17(12(2)26-27)18(14(10-24)20(25)28-21)19-15(22)4-3-5-16(19)23/h3-9,18H,25H2,1-2H3/t18-/m0/s1. The summed E-state index contributed by atoms with van der Waals surface area (Å²) >= 11 is 6.31. The van der Waals surface area contributed by atoms with Gasteiger partial charge in [-0.15, -0.1) is 0 Å². The Hall–Kier alpha value is -3.30. The zero-order chi connectivity index (χ0) is 20.0. The molecule has 1 aromatic heterocycles. The molecule has 1 aliphatic rings. The first-order valence-electron chi connectivity index (χ1n) is 8.60. The van der Waals surface area contributed by atoms with Crippen molar-refractivity contribution in [3.63, 3.8) is 0 Å². The van der Waals surface area contributed by atoms with Gasteiger partial charge in [-0.05, 0) is 38.1 Å². The summed E-state index contributed by atoms with van der Waals surface area (Å²) in [5, 5.41) is 14.5. The van der Waals surface area contributed by atoms with E-state index >= 15 is 0 Å². The molecule has 28 heavy (non-hydrogen) atoms. The van der Waals surface area contributed by atoms with Gasteiger partial charge in [-0.1, -0.05) is 35.4 Å². The number of benzene rings is 2. The summed E-state index contributed by atoms with van der Waals surface area (Å²) in [7, 11) is 0. The predicted molar refractivity (Wildman–Crippen MR) is 104 cm³/mol. The van der Waals surface area contributed by atoms with Crippen molar-refractivity contribution in [3.8, 4) is 17.6 Å². The van der Waals surface area contributed by atoms with Gasteiger partial charge in [-0.25, -0.2) is 9.07 Å². The minimum absolute atomic E-state index is 0.0902. The van der Waals surface area contributed by atoms with Crippen LogP contribution in [0.3, 0.4) is 0 Å². The third-order valence-electron chi connectivity index (χ3n) is 4.80. The van der Waals surface area contributed by atoms with Crippen molar-refractivity contribution in [2.45, 2.75) is 19.8 Å². The molecule has 0 spiro atoms. The summed E-state index contributed by atoms with van der Waals surface area (Å²) < 4.78 is 22.1. The molecule has 0 aliphatic carbocycles. The van der Waals surface area contributed by atoms with Crippen LogP contribution in [-0.4, -0.2) is 9.78 Å². The second kappa shape index (κ2) is 6.70. The number of aromatic nitrogens is 2. The van der Waals surface area contributed by atoms with Crippen LogP contribution >= 0.6 is 11.6 Å². The van der Waals surface area contributed by atoms with Crippen LogP contribution in [0.15, 0.2) is 53.9 Å². The van der Waals surface area contributed by atoms with Gasteiger partial charge in [0.1, 0.15) is 17.5 Å². The van der Waals surface area contributed by atoms with Gasteiger partial charge in [0.2, 0.25) is 11.8 Å². The number of hydrogen-bond donors (Lipinski definition) is 1. The van der Waals surface area contributed by atoms with E-state index in [0.29, 0.717) is 17.1 Å². The Morgan fingerprint density at radius 2 is 1.89 bits per heavy atom. The zero-order valence-electron chi connectivity index (χ0n) is 15.2. The second-order valence-corrected chi connectivity index (χ2v) is 7.02. The Morgan fingerprint density at radius 3 is 2.54 bits per heavy atom. The number of halogens is 2. The number of rotatable bonds is 2. The number of fused-ring (bicyclic) bond motifs is 1. The van der Waals surface area contributed by atoms with Gasteiger partial charge in [0.15, 0.2) is 0 Å². The first-order chi connectivity index (χ1) is 13.4. The smallest absolute Gasteiger partial charge is 0.229 e. The van der Waals surface area contributed by atoms with E-state index in [2.05, 4.69) is 5.10 Å². The molecular weight excluding hydrogens is 379 g/mol. The van der Waals surface area contributed by atoms with Gasteiger partial charge < -0.3 is 10.5 Å². The number of nitrogens with zero attached hydrogens (tertiary/aromatic N) is 3. The van der Waals surface area contributed by atoms with E-state index in [1.54, 1.807) is 17.7 Å². The number of nitriles is 1. The van der Waals surface area contributed by atoms with E-state index in [4.69, 9.17) is 22.1 Å². The van der Waals surface area contributed by atoms with Crippen molar-refractivity contribution in [1.82, 2.24) is 9.78 Å². The molecule has 5 nitrogen and oxygen atoms in total. The maximum Gasteiger partial charge on any atom is 0.229 e. The average molecular weight is 395 g/mol. The van der Waals surface area contributed by atoms with Gasteiger partial charge in [0, 0.05) is 10.6 Å². The van der Waals surface area contributed by atoms with Crippen LogP contribution in [-0.2, 0) is 0 Å². The molecule has 1 atom stereocenters. The average Bonchev–Trinajstić information content (AvgIpc) is 2.98. The topological polar surface area (TPSA) is 76.9 Å². The first kappa shape index (κ1) is 18.1. The molecule has 7 heteroatoms. The Balaban J connectivity index is 2.00. The monoisotopic (exact) mass is 394 g/mol. The third kappa shape index (κ3) is 2.72. The molecule has 0 bridgehead atoms. The third-order valence-corrected chi connectivity index (χ3v) is 5.13. The quantitative estimate of drug-likeness (QED) is 0.694. The van der Waals surface area contributed by atoms with E-state index in [-0.39, 0.29) is 22.0 Å². The summed E-state index contributed by atoms with van der Waals surface area (Å²) in [6.07, 6.45) is 0. The fraction of sp³-hybridized carbons (Fsp3) is 0.143. The molecule has 2 aromatic carbocycles. The molecule has 0 fully saturated rings.